The number of hydrogen-bond acceptors (Lipinski definition) is 2. The van der Waals surface area contributed by atoms with E-state index in [9.17, 15) is 14.0 Å². The summed E-state index contributed by atoms with van der Waals surface area (Å²) in [6, 6.07) is 5.76. The van der Waals surface area contributed by atoms with Gasteiger partial charge < -0.3 is 14.4 Å². The summed E-state index contributed by atoms with van der Waals surface area (Å²) in [6.45, 7) is 2.05. The van der Waals surface area contributed by atoms with Crippen LogP contribution in [-0.2, 0) is 7.05 Å². The van der Waals surface area contributed by atoms with Crippen LogP contribution in [0.1, 0.15) is 27.1 Å². The molecule has 0 bridgehead atoms. The van der Waals surface area contributed by atoms with E-state index in [4.69, 9.17) is 11.6 Å². The van der Waals surface area contributed by atoms with Crippen molar-refractivity contribution < 1.29 is 14.0 Å². The number of nitrogens with zero attached hydrogens (tertiary/aromatic N) is 3. The molecule has 25 heavy (non-hydrogen) atoms. The molecule has 0 spiro atoms. The molecule has 2 aromatic rings. The number of rotatable bonds is 2. The zero-order chi connectivity index (χ0) is 18.0. The van der Waals surface area contributed by atoms with Crippen LogP contribution in [0.15, 0.2) is 36.7 Å². The topological polar surface area (TPSA) is 45.6 Å². The Balaban J connectivity index is 1.67. The summed E-state index contributed by atoms with van der Waals surface area (Å²) in [4.78, 5) is 28.6. The van der Waals surface area contributed by atoms with Gasteiger partial charge in [0, 0.05) is 51.2 Å². The van der Waals surface area contributed by atoms with Crippen molar-refractivity contribution in [1.29, 1.82) is 0 Å². The van der Waals surface area contributed by atoms with Crippen LogP contribution >= 0.6 is 11.6 Å². The lowest BCUT2D eigenvalue weighted by molar-refractivity contribution is 0.0718. The van der Waals surface area contributed by atoms with Crippen molar-refractivity contribution in [3.05, 3.63) is 58.6 Å². The third-order valence-electron chi connectivity index (χ3n) is 4.32. The highest BCUT2D eigenvalue weighted by Crippen LogP contribution is 2.18. The average molecular weight is 364 g/mol. The fraction of sp³-hybridized carbons (Fsp3) is 0.333. The van der Waals surface area contributed by atoms with Crippen LogP contribution in [0.4, 0.5) is 4.39 Å². The van der Waals surface area contributed by atoms with Gasteiger partial charge in [0.15, 0.2) is 0 Å². The number of aromatic nitrogens is 1. The molecule has 0 atom stereocenters. The number of halogens is 2. The van der Waals surface area contributed by atoms with Crippen molar-refractivity contribution in [3.8, 4) is 0 Å². The van der Waals surface area contributed by atoms with Crippen LogP contribution < -0.4 is 0 Å². The molecule has 0 N–H and O–H groups in total. The van der Waals surface area contributed by atoms with E-state index in [1.165, 1.54) is 18.2 Å². The molecule has 0 radical (unpaired) electrons. The Bertz CT molecular complexity index is 805. The fourth-order valence-electron chi connectivity index (χ4n) is 2.95. The molecule has 1 aliphatic heterocycles. The summed E-state index contributed by atoms with van der Waals surface area (Å²) >= 11 is 5.76. The molecule has 0 saturated carbocycles. The van der Waals surface area contributed by atoms with Gasteiger partial charge in [-0.3, -0.25) is 9.59 Å². The Hall–Kier alpha value is -2.34. The number of aryl methyl sites for hydroxylation is 1. The van der Waals surface area contributed by atoms with E-state index >= 15 is 0 Å². The zero-order valence-electron chi connectivity index (χ0n) is 13.9. The standard InChI is InChI=1S/C18H19ClFN3O2/c1-21-8-5-14(12-21)18(25)23-7-2-6-22(9-10-23)17(24)13-3-4-16(20)15(19)11-13/h3-5,8,11-12H,2,6-7,9-10H2,1H3. The molecular formula is C18H19ClFN3O2. The van der Waals surface area contributed by atoms with Crippen LogP contribution in [0, 0.1) is 5.82 Å². The summed E-state index contributed by atoms with van der Waals surface area (Å²) in [7, 11) is 1.87. The molecule has 7 heteroatoms. The maximum Gasteiger partial charge on any atom is 0.255 e. The minimum atomic E-state index is -0.547. The zero-order valence-corrected chi connectivity index (χ0v) is 14.7. The van der Waals surface area contributed by atoms with Crippen LogP contribution in [0.3, 0.4) is 0 Å². The van der Waals surface area contributed by atoms with Gasteiger partial charge in [0.25, 0.3) is 11.8 Å². The summed E-state index contributed by atoms with van der Waals surface area (Å²) < 4.78 is 15.1. The number of hydrogen-bond donors (Lipinski definition) is 0. The number of benzene rings is 1. The fourth-order valence-corrected chi connectivity index (χ4v) is 3.13. The van der Waals surface area contributed by atoms with Gasteiger partial charge in [0.2, 0.25) is 0 Å². The molecule has 1 aromatic carbocycles. The van der Waals surface area contributed by atoms with Gasteiger partial charge in [-0.25, -0.2) is 4.39 Å². The van der Waals surface area contributed by atoms with Crippen LogP contribution in [0.5, 0.6) is 0 Å². The number of carbonyl (C=O) groups excluding carboxylic acids is 2. The van der Waals surface area contributed by atoms with Crippen molar-refractivity contribution in [2.24, 2.45) is 7.05 Å². The molecule has 3 rings (SSSR count). The summed E-state index contributed by atoms with van der Waals surface area (Å²) in [5.41, 5.74) is 1.00. The van der Waals surface area contributed by atoms with E-state index in [-0.39, 0.29) is 16.8 Å². The predicted molar refractivity (Wildman–Crippen MR) is 93.2 cm³/mol. The lowest BCUT2D eigenvalue weighted by Gasteiger charge is -2.22. The van der Waals surface area contributed by atoms with E-state index in [0.717, 1.165) is 0 Å². The van der Waals surface area contributed by atoms with E-state index in [1.54, 1.807) is 22.1 Å². The molecular weight excluding hydrogens is 345 g/mol. The van der Waals surface area contributed by atoms with E-state index < -0.39 is 5.82 Å². The van der Waals surface area contributed by atoms with Gasteiger partial charge in [0.05, 0.1) is 10.6 Å². The Morgan fingerprint density at radius 1 is 1.00 bits per heavy atom. The second-order valence-electron chi connectivity index (χ2n) is 6.13. The first-order valence-corrected chi connectivity index (χ1v) is 8.49. The van der Waals surface area contributed by atoms with E-state index in [0.29, 0.717) is 43.7 Å². The highest BCUT2D eigenvalue weighted by atomic mass is 35.5. The normalized spacial score (nSPS) is 15.2. The molecule has 1 saturated heterocycles. The predicted octanol–water partition coefficient (Wildman–Crippen LogP) is 2.81. The lowest BCUT2D eigenvalue weighted by Crippen LogP contribution is -2.37. The maximum atomic E-state index is 13.3. The molecule has 2 heterocycles. The van der Waals surface area contributed by atoms with Crippen LogP contribution in [-0.4, -0.2) is 52.4 Å². The summed E-state index contributed by atoms with van der Waals surface area (Å²) in [6.07, 6.45) is 4.31. The number of carbonyl (C=O) groups is 2. The summed E-state index contributed by atoms with van der Waals surface area (Å²) in [5.74, 6) is -0.774. The second kappa shape index (κ2) is 7.27. The van der Waals surface area contributed by atoms with Crippen molar-refractivity contribution in [3.63, 3.8) is 0 Å². The molecule has 1 aromatic heterocycles. The van der Waals surface area contributed by atoms with E-state index in [1.807, 2.05) is 17.8 Å². The molecule has 1 fully saturated rings. The van der Waals surface area contributed by atoms with Crippen LogP contribution in [0.2, 0.25) is 5.02 Å². The monoisotopic (exact) mass is 363 g/mol. The molecule has 132 valence electrons. The Labute approximate surface area is 150 Å². The van der Waals surface area contributed by atoms with Gasteiger partial charge in [0.1, 0.15) is 5.82 Å². The molecule has 5 nitrogen and oxygen atoms in total. The first kappa shape index (κ1) is 17.5. The average Bonchev–Trinajstić information content (AvgIpc) is 2.89. The SMILES string of the molecule is Cn1ccc(C(=O)N2CCCN(C(=O)c3ccc(F)c(Cl)c3)CC2)c1. The molecule has 0 aliphatic carbocycles. The Morgan fingerprint density at radius 3 is 2.20 bits per heavy atom. The summed E-state index contributed by atoms with van der Waals surface area (Å²) in [5, 5.41) is -0.0680. The Morgan fingerprint density at radius 2 is 1.64 bits per heavy atom. The van der Waals surface area contributed by atoms with Crippen LogP contribution in [0.25, 0.3) is 0 Å². The third kappa shape index (κ3) is 3.85. The highest BCUT2D eigenvalue weighted by Gasteiger charge is 2.24. The largest absolute Gasteiger partial charge is 0.356 e. The van der Waals surface area contributed by atoms with Gasteiger partial charge in [-0.15, -0.1) is 0 Å². The molecule has 2 amide bonds. The first-order valence-electron chi connectivity index (χ1n) is 8.11. The smallest absolute Gasteiger partial charge is 0.255 e. The van der Waals surface area contributed by atoms with E-state index in [2.05, 4.69) is 0 Å². The Kier molecular flexibility index (Phi) is 5.08. The van der Waals surface area contributed by atoms with Crippen molar-refractivity contribution in [2.75, 3.05) is 26.2 Å². The first-order chi connectivity index (χ1) is 12.0. The minimum Gasteiger partial charge on any atom is -0.356 e. The van der Waals surface area contributed by atoms with Crippen molar-refractivity contribution >= 4 is 23.4 Å². The van der Waals surface area contributed by atoms with Crippen molar-refractivity contribution in [2.45, 2.75) is 6.42 Å². The maximum absolute atomic E-state index is 13.3. The van der Waals surface area contributed by atoms with Gasteiger partial charge in [-0.05, 0) is 30.7 Å². The molecule has 0 unspecified atom stereocenters. The quantitative estimate of drug-likeness (QED) is 0.823. The number of amides is 2. The molecule has 1 aliphatic rings. The van der Waals surface area contributed by atoms with Gasteiger partial charge in [-0.2, -0.15) is 0 Å². The third-order valence-corrected chi connectivity index (χ3v) is 4.61. The highest BCUT2D eigenvalue weighted by molar-refractivity contribution is 6.31. The minimum absolute atomic E-state index is 0.0280. The van der Waals surface area contributed by atoms with Crippen molar-refractivity contribution in [1.82, 2.24) is 14.4 Å². The van der Waals surface area contributed by atoms with Gasteiger partial charge in [-0.1, -0.05) is 11.6 Å². The van der Waals surface area contributed by atoms with Gasteiger partial charge >= 0.3 is 0 Å². The second-order valence-corrected chi connectivity index (χ2v) is 6.54. The lowest BCUT2D eigenvalue weighted by atomic mass is 10.2.